The van der Waals surface area contributed by atoms with E-state index in [2.05, 4.69) is 4.98 Å². The smallest absolute Gasteiger partial charge is 0.501 e. The molecule has 0 atom stereocenters. The third-order valence-electron chi connectivity index (χ3n) is 4.68. The fourth-order valence-corrected chi connectivity index (χ4v) is 4.61. The quantitative estimate of drug-likeness (QED) is 0.610. The number of aromatic hydroxyl groups is 1. The summed E-state index contributed by atoms with van der Waals surface area (Å²) < 4.78 is 86.5. The van der Waals surface area contributed by atoms with Gasteiger partial charge in [0.1, 0.15) is 11.4 Å². The highest BCUT2D eigenvalue weighted by atomic mass is 32.2. The van der Waals surface area contributed by atoms with Crippen molar-refractivity contribution in [2.75, 3.05) is 11.1 Å². The summed E-state index contributed by atoms with van der Waals surface area (Å²) in [5.41, 5.74) is -6.11. The second-order valence-electron chi connectivity index (χ2n) is 6.88. The van der Waals surface area contributed by atoms with E-state index in [-0.39, 0.29) is 16.6 Å². The van der Waals surface area contributed by atoms with Gasteiger partial charge in [0.05, 0.1) is 21.2 Å². The molecule has 1 aliphatic carbocycles. The second kappa shape index (κ2) is 7.79. The van der Waals surface area contributed by atoms with Crippen molar-refractivity contribution in [1.29, 1.82) is 0 Å². The molecule has 2 aromatic rings. The van der Waals surface area contributed by atoms with Gasteiger partial charge >= 0.3 is 5.51 Å². The fourth-order valence-electron chi connectivity index (χ4n) is 2.76. The van der Waals surface area contributed by atoms with E-state index in [9.17, 15) is 39.9 Å². The van der Waals surface area contributed by atoms with Crippen molar-refractivity contribution in [3.8, 4) is 5.75 Å². The van der Waals surface area contributed by atoms with Crippen molar-refractivity contribution in [1.82, 2.24) is 4.98 Å². The fraction of sp³-hybridized carbons (Fsp3) is 0.333. The van der Waals surface area contributed by atoms with Gasteiger partial charge in [0.15, 0.2) is 9.84 Å². The van der Waals surface area contributed by atoms with Gasteiger partial charge < -0.3 is 10.4 Å². The summed E-state index contributed by atoms with van der Waals surface area (Å²) in [6.45, 7) is 1.37. The van der Waals surface area contributed by atoms with Crippen LogP contribution < -0.4 is 5.32 Å². The summed E-state index contributed by atoms with van der Waals surface area (Å²) in [6, 6.07) is 2.97. The van der Waals surface area contributed by atoms with Crippen LogP contribution in [0, 0.1) is 0 Å². The summed E-state index contributed by atoms with van der Waals surface area (Å²) in [6.07, 6.45) is 3.05. The Hall–Kier alpha value is -2.67. The molecule has 1 saturated carbocycles. The number of hydrogen-bond acceptors (Lipinski definition) is 7. The standard InChI is InChI=1S/C18H17F3N2O6S2/c1-2-30(26,27)15-7-11(10-3-4-10)9-22-16(15)17(25)23-13-8-12(5-6-14(13)24)31(28,29)18(19,20)21/h5-10,24H,2-4H2,1H3,(H,23,25). The number of pyridine rings is 1. The van der Waals surface area contributed by atoms with Crippen LogP contribution in [0.2, 0.25) is 0 Å². The Morgan fingerprint density at radius 3 is 2.39 bits per heavy atom. The number of phenolic OH excluding ortho intramolecular Hbond substituents is 1. The van der Waals surface area contributed by atoms with Gasteiger partial charge in [-0.1, -0.05) is 6.92 Å². The maximum absolute atomic E-state index is 12.8. The van der Waals surface area contributed by atoms with Gasteiger partial charge in [-0.15, -0.1) is 0 Å². The molecular weight excluding hydrogens is 461 g/mol. The molecular formula is C18H17F3N2O6S2. The summed E-state index contributed by atoms with van der Waals surface area (Å²) >= 11 is 0. The van der Waals surface area contributed by atoms with E-state index in [4.69, 9.17) is 0 Å². The first-order valence-corrected chi connectivity index (χ1v) is 12.1. The van der Waals surface area contributed by atoms with Crippen molar-refractivity contribution in [3.63, 3.8) is 0 Å². The average molecular weight is 478 g/mol. The van der Waals surface area contributed by atoms with Crippen LogP contribution in [0.4, 0.5) is 18.9 Å². The Balaban J connectivity index is 2.02. The molecule has 1 aliphatic rings. The van der Waals surface area contributed by atoms with Gasteiger partial charge in [-0.05, 0) is 48.6 Å². The van der Waals surface area contributed by atoms with Crippen molar-refractivity contribution in [2.45, 2.75) is 41.0 Å². The molecule has 0 aliphatic heterocycles. The van der Waals surface area contributed by atoms with Crippen LogP contribution in [-0.4, -0.2) is 44.1 Å². The molecule has 2 N–H and O–H groups in total. The minimum absolute atomic E-state index is 0.142. The van der Waals surface area contributed by atoms with Crippen LogP contribution in [0.3, 0.4) is 0 Å². The molecule has 3 rings (SSSR count). The number of halogens is 3. The third kappa shape index (κ3) is 4.51. The highest BCUT2D eigenvalue weighted by Crippen LogP contribution is 2.41. The topological polar surface area (TPSA) is 130 Å². The molecule has 0 spiro atoms. The lowest BCUT2D eigenvalue weighted by Gasteiger charge is -2.13. The molecule has 1 aromatic carbocycles. The molecule has 1 amide bonds. The minimum atomic E-state index is -5.73. The molecule has 1 heterocycles. The summed E-state index contributed by atoms with van der Waals surface area (Å²) in [4.78, 5) is 15.0. The lowest BCUT2D eigenvalue weighted by atomic mass is 10.1. The summed E-state index contributed by atoms with van der Waals surface area (Å²) in [5, 5.41) is 11.9. The highest BCUT2D eigenvalue weighted by molar-refractivity contribution is 7.92. The zero-order chi connectivity index (χ0) is 23.2. The van der Waals surface area contributed by atoms with Gasteiger partial charge in [0.2, 0.25) is 0 Å². The molecule has 8 nitrogen and oxygen atoms in total. The minimum Gasteiger partial charge on any atom is -0.506 e. The number of amides is 1. The van der Waals surface area contributed by atoms with Gasteiger partial charge in [0.25, 0.3) is 15.7 Å². The number of carbonyl (C=O) groups is 1. The molecule has 0 bridgehead atoms. The number of rotatable bonds is 6. The number of aromatic nitrogens is 1. The lowest BCUT2D eigenvalue weighted by Crippen LogP contribution is -2.23. The van der Waals surface area contributed by atoms with E-state index in [1.165, 1.54) is 19.2 Å². The molecule has 13 heteroatoms. The van der Waals surface area contributed by atoms with Gasteiger partial charge in [-0.3, -0.25) is 4.79 Å². The van der Waals surface area contributed by atoms with Crippen molar-refractivity contribution in [3.05, 3.63) is 41.7 Å². The van der Waals surface area contributed by atoms with E-state index >= 15 is 0 Å². The molecule has 1 fully saturated rings. The van der Waals surface area contributed by atoms with Crippen LogP contribution in [0.25, 0.3) is 0 Å². The Labute approximate surface area is 176 Å². The highest BCUT2D eigenvalue weighted by Gasteiger charge is 2.47. The molecule has 0 saturated heterocycles. The molecule has 0 radical (unpaired) electrons. The maximum Gasteiger partial charge on any atom is 0.501 e. The first-order chi connectivity index (χ1) is 14.3. The number of sulfone groups is 2. The van der Waals surface area contributed by atoms with Crippen LogP contribution >= 0.6 is 0 Å². The number of nitrogens with zero attached hydrogens (tertiary/aromatic N) is 1. The molecule has 0 unspecified atom stereocenters. The first kappa shape index (κ1) is 23.0. The largest absolute Gasteiger partial charge is 0.506 e. The SMILES string of the molecule is CCS(=O)(=O)c1cc(C2CC2)cnc1C(=O)Nc1cc(S(=O)(=O)C(F)(F)F)ccc1O. The van der Waals surface area contributed by atoms with Crippen molar-refractivity contribution in [2.24, 2.45) is 0 Å². The van der Waals surface area contributed by atoms with E-state index in [1.807, 2.05) is 5.32 Å². The monoisotopic (exact) mass is 478 g/mol. The number of hydrogen-bond donors (Lipinski definition) is 2. The maximum atomic E-state index is 12.8. The average Bonchev–Trinajstić information content (AvgIpc) is 3.53. The Bertz CT molecular complexity index is 1250. The second-order valence-corrected chi connectivity index (χ2v) is 11.1. The third-order valence-corrected chi connectivity index (χ3v) is 7.91. The Kier molecular flexibility index (Phi) is 5.78. The normalized spacial score (nSPS) is 15.0. The number of alkyl halides is 3. The van der Waals surface area contributed by atoms with Crippen LogP contribution in [0.15, 0.2) is 40.3 Å². The Morgan fingerprint density at radius 2 is 1.84 bits per heavy atom. The van der Waals surface area contributed by atoms with Crippen LogP contribution in [0.5, 0.6) is 5.75 Å². The van der Waals surface area contributed by atoms with Gasteiger partial charge in [0, 0.05) is 6.20 Å². The zero-order valence-electron chi connectivity index (χ0n) is 16.0. The number of anilines is 1. The van der Waals surface area contributed by atoms with Crippen molar-refractivity contribution >= 4 is 31.3 Å². The molecule has 168 valence electrons. The van der Waals surface area contributed by atoms with E-state index in [1.54, 1.807) is 0 Å². The van der Waals surface area contributed by atoms with E-state index in [0.717, 1.165) is 12.8 Å². The van der Waals surface area contributed by atoms with Gasteiger partial charge in [-0.25, -0.2) is 21.8 Å². The van der Waals surface area contributed by atoms with E-state index < -0.39 is 53.1 Å². The summed E-state index contributed by atoms with van der Waals surface area (Å²) in [7, 11) is -9.62. The number of phenols is 1. The lowest BCUT2D eigenvalue weighted by molar-refractivity contribution is -0.0436. The first-order valence-electron chi connectivity index (χ1n) is 8.96. The predicted octanol–water partition coefficient (Wildman–Crippen LogP) is 3.00. The van der Waals surface area contributed by atoms with Gasteiger partial charge in [-0.2, -0.15) is 13.2 Å². The predicted molar refractivity (Wildman–Crippen MR) is 103 cm³/mol. The number of nitrogens with one attached hydrogen (secondary N) is 1. The van der Waals surface area contributed by atoms with Crippen LogP contribution in [0.1, 0.15) is 41.7 Å². The number of benzene rings is 1. The van der Waals surface area contributed by atoms with Crippen LogP contribution in [-0.2, 0) is 19.7 Å². The zero-order valence-corrected chi connectivity index (χ0v) is 17.6. The number of carbonyl (C=O) groups excluding carboxylic acids is 1. The Morgan fingerprint density at radius 1 is 1.19 bits per heavy atom. The molecule has 31 heavy (non-hydrogen) atoms. The van der Waals surface area contributed by atoms with E-state index in [0.29, 0.717) is 23.8 Å². The van der Waals surface area contributed by atoms with Crippen molar-refractivity contribution < 1.29 is 39.9 Å². The summed E-state index contributed by atoms with van der Waals surface area (Å²) in [5.74, 6) is -2.04. The molecule has 1 aromatic heterocycles.